The molecule has 6 heteroatoms. The zero-order valence-corrected chi connectivity index (χ0v) is 12.8. The van der Waals surface area contributed by atoms with Crippen LogP contribution >= 0.6 is 57.4 Å². The summed E-state index contributed by atoms with van der Waals surface area (Å²) in [6, 6.07) is 5.45. The molecule has 0 atom stereocenters. The van der Waals surface area contributed by atoms with Gasteiger partial charge in [-0.2, -0.15) is 0 Å². The smallest absolute Gasteiger partial charge is 0.146 e. The van der Waals surface area contributed by atoms with Crippen molar-refractivity contribution in [2.24, 2.45) is 0 Å². The van der Waals surface area contributed by atoms with Gasteiger partial charge in [0, 0.05) is 12.6 Å². The SMILES string of the molecule is Clc1ccc(Cc2ncc(I)c(Cl)n2)cc1Cl. The van der Waals surface area contributed by atoms with Gasteiger partial charge in [-0.15, -0.1) is 0 Å². The van der Waals surface area contributed by atoms with Crippen molar-refractivity contribution in [1.29, 1.82) is 0 Å². The summed E-state index contributed by atoms with van der Waals surface area (Å²) in [4.78, 5) is 8.40. The fourth-order valence-corrected chi connectivity index (χ4v) is 2.02. The van der Waals surface area contributed by atoms with Crippen molar-refractivity contribution < 1.29 is 0 Å². The van der Waals surface area contributed by atoms with E-state index >= 15 is 0 Å². The summed E-state index contributed by atoms with van der Waals surface area (Å²) < 4.78 is 0.835. The van der Waals surface area contributed by atoms with Crippen molar-refractivity contribution >= 4 is 57.4 Å². The van der Waals surface area contributed by atoms with E-state index in [-0.39, 0.29) is 0 Å². The minimum Gasteiger partial charge on any atom is -0.240 e. The molecule has 0 amide bonds. The van der Waals surface area contributed by atoms with Gasteiger partial charge >= 0.3 is 0 Å². The van der Waals surface area contributed by atoms with Crippen molar-refractivity contribution in [2.45, 2.75) is 6.42 Å². The van der Waals surface area contributed by atoms with Gasteiger partial charge in [-0.3, -0.25) is 0 Å². The third-order valence-corrected chi connectivity index (χ3v) is 4.23. The lowest BCUT2D eigenvalue weighted by Crippen LogP contribution is -1.98. The van der Waals surface area contributed by atoms with Gasteiger partial charge in [0.05, 0.1) is 13.6 Å². The fourth-order valence-electron chi connectivity index (χ4n) is 1.30. The van der Waals surface area contributed by atoms with Crippen LogP contribution in [0.15, 0.2) is 24.4 Å². The van der Waals surface area contributed by atoms with E-state index in [4.69, 9.17) is 34.8 Å². The Morgan fingerprint density at radius 3 is 2.53 bits per heavy atom. The minimum absolute atomic E-state index is 0.468. The Morgan fingerprint density at radius 2 is 1.88 bits per heavy atom. The molecule has 1 heterocycles. The predicted octanol–water partition coefficient (Wildman–Crippen LogP) is 4.63. The fraction of sp³-hybridized carbons (Fsp3) is 0.0909. The molecule has 0 aliphatic heterocycles. The third-order valence-electron chi connectivity index (χ3n) is 2.10. The maximum atomic E-state index is 5.94. The van der Waals surface area contributed by atoms with Gasteiger partial charge in [0.1, 0.15) is 11.0 Å². The van der Waals surface area contributed by atoms with E-state index in [9.17, 15) is 0 Å². The Kier molecular flexibility index (Phi) is 4.47. The third kappa shape index (κ3) is 3.44. The number of benzene rings is 1. The Bertz CT molecular complexity index is 511. The highest BCUT2D eigenvalue weighted by Gasteiger charge is 2.05. The Hall–Kier alpha value is -0.100. The van der Waals surface area contributed by atoms with E-state index in [1.54, 1.807) is 18.3 Å². The lowest BCUT2D eigenvalue weighted by Gasteiger charge is -2.03. The second kappa shape index (κ2) is 5.69. The van der Waals surface area contributed by atoms with Crippen LogP contribution in [-0.4, -0.2) is 9.97 Å². The monoisotopic (exact) mass is 398 g/mol. The number of hydrogen-bond donors (Lipinski definition) is 0. The summed E-state index contributed by atoms with van der Waals surface area (Å²) in [5, 5.41) is 1.54. The molecule has 17 heavy (non-hydrogen) atoms. The number of rotatable bonds is 2. The normalized spacial score (nSPS) is 10.6. The number of nitrogens with zero attached hydrogens (tertiary/aromatic N) is 2. The summed E-state index contributed by atoms with van der Waals surface area (Å²) in [7, 11) is 0. The maximum Gasteiger partial charge on any atom is 0.146 e. The minimum atomic E-state index is 0.468. The number of halogens is 4. The molecular weight excluding hydrogens is 393 g/mol. The highest BCUT2D eigenvalue weighted by Crippen LogP contribution is 2.23. The summed E-state index contributed by atoms with van der Waals surface area (Å²) >= 11 is 19.8. The van der Waals surface area contributed by atoms with Crippen molar-refractivity contribution in [2.75, 3.05) is 0 Å². The Labute approximate surface area is 127 Å². The molecule has 0 saturated heterocycles. The first kappa shape index (κ1) is 13.3. The van der Waals surface area contributed by atoms with Gasteiger partial charge in [0.15, 0.2) is 0 Å². The van der Waals surface area contributed by atoms with Crippen LogP contribution in [0.1, 0.15) is 11.4 Å². The zero-order valence-electron chi connectivity index (χ0n) is 8.42. The highest BCUT2D eigenvalue weighted by atomic mass is 127. The van der Waals surface area contributed by atoms with Crippen molar-refractivity contribution in [1.82, 2.24) is 9.97 Å². The topological polar surface area (TPSA) is 25.8 Å². The van der Waals surface area contributed by atoms with E-state index in [0.29, 0.717) is 27.4 Å². The van der Waals surface area contributed by atoms with Crippen LogP contribution in [-0.2, 0) is 6.42 Å². The molecule has 0 saturated carbocycles. The van der Waals surface area contributed by atoms with E-state index in [1.807, 2.05) is 6.07 Å². The predicted molar refractivity (Wildman–Crippen MR) is 79.0 cm³/mol. The second-order valence-electron chi connectivity index (χ2n) is 3.35. The first-order chi connectivity index (χ1) is 8.06. The Balaban J connectivity index is 2.25. The molecule has 0 unspecified atom stereocenters. The van der Waals surface area contributed by atoms with Crippen molar-refractivity contribution in [3.8, 4) is 0 Å². The molecule has 0 N–H and O–H groups in total. The molecule has 1 aromatic carbocycles. The van der Waals surface area contributed by atoms with E-state index in [2.05, 4.69) is 32.6 Å². The quantitative estimate of drug-likeness (QED) is 0.544. The maximum absolute atomic E-state index is 5.94. The number of aromatic nitrogens is 2. The molecule has 0 aliphatic carbocycles. The van der Waals surface area contributed by atoms with Crippen LogP contribution in [0, 0.1) is 3.57 Å². The average Bonchev–Trinajstić information content (AvgIpc) is 2.29. The second-order valence-corrected chi connectivity index (χ2v) is 5.68. The van der Waals surface area contributed by atoms with Gasteiger partial charge in [0.2, 0.25) is 0 Å². The molecule has 0 spiro atoms. The van der Waals surface area contributed by atoms with Crippen LogP contribution in [0.2, 0.25) is 15.2 Å². The number of hydrogen-bond acceptors (Lipinski definition) is 2. The first-order valence-electron chi connectivity index (χ1n) is 4.67. The molecule has 0 radical (unpaired) electrons. The largest absolute Gasteiger partial charge is 0.240 e. The molecule has 0 aliphatic rings. The summed E-state index contributed by atoms with van der Waals surface area (Å²) in [5.41, 5.74) is 0.997. The molecule has 88 valence electrons. The summed E-state index contributed by atoms with van der Waals surface area (Å²) in [5.74, 6) is 0.661. The molecule has 2 aromatic rings. The molecule has 0 fully saturated rings. The van der Waals surface area contributed by atoms with Gasteiger partial charge in [-0.05, 0) is 40.3 Å². The van der Waals surface area contributed by atoms with Crippen LogP contribution in [0.3, 0.4) is 0 Å². The Morgan fingerprint density at radius 1 is 1.12 bits per heavy atom. The molecule has 2 rings (SSSR count). The van der Waals surface area contributed by atoms with Gasteiger partial charge < -0.3 is 0 Å². The van der Waals surface area contributed by atoms with Crippen LogP contribution in [0.4, 0.5) is 0 Å². The van der Waals surface area contributed by atoms with Gasteiger partial charge in [-0.25, -0.2) is 9.97 Å². The van der Waals surface area contributed by atoms with Gasteiger partial charge in [-0.1, -0.05) is 40.9 Å². The summed E-state index contributed by atoms with van der Waals surface area (Å²) in [6.45, 7) is 0. The standard InChI is InChI=1S/C11H6Cl3IN2/c12-7-2-1-6(3-8(7)13)4-10-16-5-9(15)11(14)17-10/h1-3,5H,4H2. The van der Waals surface area contributed by atoms with Gasteiger partial charge in [0.25, 0.3) is 0 Å². The van der Waals surface area contributed by atoms with Crippen LogP contribution < -0.4 is 0 Å². The zero-order chi connectivity index (χ0) is 12.4. The summed E-state index contributed by atoms with van der Waals surface area (Å²) in [6.07, 6.45) is 2.27. The highest BCUT2D eigenvalue weighted by molar-refractivity contribution is 14.1. The lowest BCUT2D eigenvalue weighted by atomic mass is 10.1. The van der Waals surface area contributed by atoms with Crippen molar-refractivity contribution in [3.05, 3.63) is 54.6 Å². The molecule has 0 bridgehead atoms. The lowest BCUT2D eigenvalue weighted by molar-refractivity contribution is 0.961. The van der Waals surface area contributed by atoms with Crippen molar-refractivity contribution in [3.63, 3.8) is 0 Å². The molecular formula is C11H6Cl3IN2. The first-order valence-corrected chi connectivity index (χ1v) is 6.88. The molecule has 2 nitrogen and oxygen atoms in total. The van der Waals surface area contributed by atoms with Crippen LogP contribution in [0.25, 0.3) is 0 Å². The van der Waals surface area contributed by atoms with Crippen LogP contribution in [0.5, 0.6) is 0 Å². The van der Waals surface area contributed by atoms with E-state index < -0.39 is 0 Å². The average molecular weight is 399 g/mol. The molecule has 1 aromatic heterocycles. The van der Waals surface area contributed by atoms with E-state index in [0.717, 1.165) is 9.13 Å². The van der Waals surface area contributed by atoms with E-state index in [1.165, 1.54) is 0 Å².